The Morgan fingerprint density at radius 3 is 2.53 bits per heavy atom. The highest BCUT2D eigenvalue weighted by Gasteiger charge is 2.17. The van der Waals surface area contributed by atoms with Crippen molar-refractivity contribution in [3.05, 3.63) is 17.5 Å². The summed E-state index contributed by atoms with van der Waals surface area (Å²) in [5, 5.41) is 11.9. The molecule has 0 radical (unpaired) electrons. The Hall–Kier alpha value is -1.69. The van der Waals surface area contributed by atoms with Gasteiger partial charge in [0.2, 0.25) is 5.95 Å². The van der Waals surface area contributed by atoms with Crippen molar-refractivity contribution >= 4 is 11.9 Å². The van der Waals surface area contributed by atoms with Crippen LogP contribution >= 0.6 is 0 Å². The first-order valence-corrected chi connectivity index (χ1v) is 5.54. The number of carbonyl (C=O) groups is 1. The maximum Gasteiger partial charge on any atom is 0.326 e. The Labute approximate surface area is 100 Å². The maximum atomic E-state index is 11.0. The van der Waals surface area contributed by atoms with Gasteiger partial charge in [0, 0.05) is 11.4 Å². The van der Waals surface area contributed by atoms with Crippen molar-refractivity contribution in [2.45, 2.75) is 32.7 Å². The molecule has 1 rings (SSSR count). The summed E-state index contributed by atoms with van der Waals surface area (Å²) >= 11 is 0. The highest BCUT2D eigenvalue weighted by atomic mass is 16.4. The van der Waals surface area contributed by atoms with Gasteiger partial charge in [0.15, 0.2) is 0 Å². The molecular weight excluding hydrogens is 220 g/mol. The average molecular weight is 238 g/mol. The summed E-state index contributed by atoms with van der Waals surface area (Å²) in [6.45, 7) is 4.16. The van der Waals surface area contributed by atoms with Crippen LogP contribution in [0.25, 0.3) is 0 Å². The van der Waals surface area contributed by atoms with Crippen LogP contribution in [0, 0.1) is 13.8 Å². The maximum absolute atomic E-state index is 11.0. The molecule has 4 N–H and O–H groups in total. The normalized spacial score (nSPS) is 12.2. The molecule has 1 unspecified atom stereocenters. The number of nitrogens with one attached hydrogen (secondary N) is 1. The van der Waals surface area contributed by atoms with Crippen LogP contribution in [0.3, 0.4) is 0 Å². The third kappa shape index (κ3) is 4.36. The quantitative estimate of drug-likeness (QED) is 0.674. The van der Waals surface area contributed by atoms with E-state index >= 15 is 0 Å². The Kier molecular flexibility index (Phi) is 4.84. The van der Waals surface area contributed by atoms with Crippen LogP contribution in [0.4, 0.5) is 5.95 Å². The van der Waals surface area contributed by atoms with Crippen LogP contribution in [0.5, 0.6) is 0 Å². The fraction of sp³-hybridized carbons (Fsp3) is 0.545. The topological polar surface area (TPSA) is 101 Å². The number of aryl methyl sites for hydroxylation is 2. The molecular formula is C11H18N4O2. The van der Waals surface area contributed by atoms with Crippen molar-refractivity contribution in [2.24, 2.45) is 5.73 Å². The molecule has 0 fully saturated rings. The average Bonchev–Trinajstić information content (AvgIpc) is 2.22. The first-order chi connectivity index (χ1) is 8.02. The molecule has 0 spiro atoms. The lowest BCUT2D eigenvalue weighted by Gasteiger charge is -2.14. The van der Waals surface area contributed by atoms with Gasteiger partial charge in [-0.15, -0.1) is 0 Å². The van der Waals surface area contributed by atoms with Gasteiger partial charge in [0.25, 0.3) is 0 Å². The standard InChI is InChI=1S/C11H18N4O2/c1-7-6-8(2)14-11(13-7)15-9(10(16)17)4-3-5-12/h6,9H,3-5,12H2,1-2H3,(H,16,17)(H,13,14,15). The molecule has 0 amide bonds. The van der Waals surface area contributed by atoms with Crippen LogP contribution in [0.2, 0.25) is 0 Å². The number of anilines is 1. The number of hydrogen-bond acceptors (Lipinski definition) is 5. The first kappa shape index (κ1) is 13.4. The predicted molar refractivity (Wildman–Crippen MR) is 64.8 cm³/mol. The summed E-state index contributed by atoms with van der Waals surface area (Å²) in [7, 11) is 0. The van der Waals surface area contributed by atoms with Gasteiger partial charge >= 0.3 is 5.97 Å². The Bertz CT molecular complexity index is 375. The monoisotopic (exact) mass is 238 g/mol. The van der Waals surface area contributed by atoms with Gasteiger partial charge in [-0.1, -0.05) is 0 Å². The lowest BCUT2D eigenvalue weighted by molar-refractivity contribution is -0.138. The number of carboxylic acids is 1. The highest BCUT2D eigenvalue weighted by Crippen LogP contribution is 2.08. The number of nitrogens with zero attached hydrogens (tertiary/aromatic N) is 2. The molecule has 0 aliphatic heterocycles. The number of aromatic nitrogens is 2. The number of nitrogens with two attached hydrogens (primary N) is 1. The second-order valence-corrected chi connectivity index (χ2v) is 3.94. The van der Waals surface area contributed by atoms with Crippen molar-refractivity contribution in [1.29, 1.82) is 0 Å². The van der Waals surface area contributed by atoms with Crippen molar-refractivity contribution in [1.82, 2.24) is 9.97 Å². The summed E-state index contributed by atoms with van der Waals surface area (Å²) in [6, 6.07) is 1.14. The number of hydrogen-bond donors (Lipinski definition) is 3. The number of aliphatic carboxylic acids is 1. The minimum atomic E-state index is -0.916. The first-order valence-electron chi connectivity index (χ1n) is 5.54. The minimum Gasteiger partial charge on any atom is -0.480 e. The van der Waals surface area contributed by atoms with Crippen molar-refractivity contribution < 1.29 is 9.90 Å². The second kappa shape index (κ2) is 6.15. The summed E-state index contributed by atoms with van der Waals surface area (Å²) in [4.78, 5) is 19.3. The van der Waals surface area contributed by atoms with Crippen LogP contribution in [-0.2, 0) is 4.79 Å². The summed E-state index contributed by atoms with van der Waals surface area (Å²) < 4.78 is 0. The van der Waals surface area contributed by atoms with E-state index in [1.54, 1.807) is 0 Å². The third-order valence-corrected chi connectivity index (χ3v) is 2.28. The van der Waals surface area contributed by atoms with E-state index in [4.69, 9.17) is 10.8 Å². The zero-order chi connectivity index (χ0) is 12.8. The Balaban J connectivity index is 2.74. The molecule has 6 nitrogen and oxygen atoms in total. The molecule has 17 heavy (non-hydrogen) atoms. The molecule has 94 valence electrons. The fourth-order valence-electron chi connectivity index (χ4n) is 1.53. The van der Waals surface area contributed by atoms with Gasteiger partial charge in [-0.05, 0) is 39.3 Å². The largest absolute Gasteiger partial charge is 0.480 e. The molecule has 1 heterocycles. The SMILES string of the molecule is Cc1cc(C)nc(NC(CCCN)C(=O)O)n1. The molecule has 0 saturated carbocycles. The van der Waals surface area contributed by atoms with Gasteiger partial charge in [0.05, 0.1) is 0 Å². The van der Waals surface area contributed by atoms with Crippen LogP contribution in [-0.4, -0.2) is 33.6 Å². The van der Waals surface area contributed by atoms with Crippen molar-refractivity contribution in [2.75, 3.05) is 11.9 Å². The van der Waals surface area contributed by atoms with Crippen molar-refractivity contribution in [3.63, 3.8) is 0 Å². The predicted octanol–water partition coefficient (Wildman–Crippen LogP) is 0.697. The molecule has 6 heteroatoms. The second-order valence-electron chi connectivity index (χ2n) is 3.94. The zero-order valence-electron chi connectivity index (χ0n) is 10.1. The lowest BCUT2D eigenvalue weighted by atomic mass is 10.1. The molecule has 0 bridgehead atoms. The van der Waals surface area contributed by atoms with E-state index in [1.165, 1.54) is 0 Å². The molecule has 0 saturated heterocycles. The van der Waals surface area contributed by atoms with E-state index in [0.717, 1.165) is 11.4 Å². The van der Waals surface area contributed by atoms with Gasteiger partial charge in [-0.3, -0.25) is 0 Å². The van der Waals surface area contributed by atoms with E-state index in [1.807, 2.05) is 19.9 Å². The minimum absolute atomic E-state index is 0.354. The molecule has 0 aliphatic rings. The Morgan fingerprint density at radius 1 is 1.47 bits per heavy atom. The van der Waals surface area contributed by atoms with Gasteiger partial charge < -0.3 is 16.2 Å². The smallest absolute Gasteiger partial charge is 0.326 e. The van der Waals surface area contributed by atoms with Crippen LogP contribution in [0.15, 0.2) is 6.07 Å². The summed E-state index contributed by atoms with van der Waals surface area (Å²) in [5.74, 6) is -0.562. The van der Waals surface area contributed by atoms with Gasteiger partial charge in [0.1, 0.15) is 6.04 Å². The third-order valence-electron chi connectivity index (χ3n) is 2.28. The lowest BCUT2D eigenvalue weighted by Crippen LogP contribution is -2.30. The van der Waals surface area contributed by atoms with Crippen LogP contribution < -0.4 is 11.1 Å². The highest BCUT2D eigenvalue weighted by molar-refractivity contribution is 5.76. The molecule has 0 aromatic carbocycles. The van der Waals surface area contributed by atoms with E-state index in [2.05, 4.69) is 15.3 Å². The molecule has 0 aliphatic carbocycles. The summed E-state index contributed by atoms with van der Waals surface area (Å²) in [6.07, 6.45) is 1.11. The van der Waals surface area contributed by atoms with Gasteiger partial charge in [-0.2, -0.15) is 0 Å². The molecule has 1 aromatic heterocycles. The van der Waals surface area contributed by atoms with E-state index in [-0.39, 0.29) is 0 Å². The van der Waals surface area contributed by atoms with Crippen molar-refractivity contribution in [3.8, 4) is 0 Å². The summed E-state index contributed by atoms with van der Waals surface area (Å²) in [5.41, 5.74) is 6.98. The Morgan fingerprint density at radius 2 is 2.06 bits per heavy atom. The number of rotatable bonds is 6. The van der Waals surface area contributed by atoms with Gasteiger partial charge in [-0.25, -0.2) is 14.8 Å². The van der Waals surface area contributed by atoms with E-state index < -0.39 is 12.0 Å². The van der Waals surface area contributed by atoms with Crippen LogP contribution in [0.1, 0.15) is 24.2 Å². The molecule has 1 aromatic rings. The zero-order valence-corrected chi connectivity index (χ0v) is 10.1. The molecule has 1 atom stereocenters. The fourth-order valence-corrected chi connectivity index (χ4v) is 1.53. The van der Waals surface area contributed by atoms with E-state index in [9.17, 15) is 4.79 Å². The number of carboxylic acid groups (broad SMARTS) is 1. The van der Waals surface area contributed by atoms with E-state index in [0.29, 0.717) is 25.3 Å².